The first-order valence-electron chi connectivity index (χ1n) is 6.03. The highest BCUT2D eigenvalue weighted by Crippen LogP contribution is 2.33. The van der Waals surface area contributed by atoms with Gasteiger partial charge in [0.05, 0.1) is 6.04 Å². The molecule has 0 aliphatic carbocycles. The SMILES string of the molecule is CCCC1(C)CCCN(C(=O)C(C)N)C1.Cl. The van der Waals surface area contributed by atoms with Gasteiger partial charge in [0.25, 0.3) is 0 Å². The number of hydrogen-bond acceptors (Lipinski definition) is 2. The fourth-order valence-corrected chi connectivity index (χ4v) is 2.60. The number of carbonyl (C=O) groups excluding carboxylic acids is 1. The van der Waals surface area contributed by atoms with Crippen LogP contribution in [0.25, 0.3) is 0 Å². The Morgan fingerprint density at radius 1 is 1.56 bits per heavy atom. The molecule has 2 atom stereocenters. The Kier molecular flexibility index (Phi) is 6.34. The molecule has 1 heterocycles. The van der Waals surface area contributed by atoms with E-state index in [2.05, 4.69) is 13.8 Å². The van der Waals surface area contributed by atoms with Crippen LogP contribution in [0.15, 0.2) is 0 Å². The van der Waals surface area contributed by atoms with Gasteiger partial charge in [-0.1, -0.05) is 20.3 Å². The highest BCUT2D eigenvalue weighted by atomic mass is 35.5. The fraction of sp³-hybridized carbons (Fsp3) is 0.917. The second kappa shape index (κ2) is 6.45. The third-order valence-corrected chi connectivity index (χ3v) is 3.34. The maximum Gasteiger partial charge on any atom is 0.239 e. The average Bonchev–Trinajstić information content (AvgIpc) is 2.16. The van der Waals surface area contributed by atoms with Crippen molar-refractivity contribution in [3.8, 4) is 0 Å². The summed E-state index contributed by atoms with van der Waals surface area (Å²) in [5.41, 5.74) is 5.96. The molecule has 0 bridgehead atoms. The third-order valence-electron chi connectivity index (χ3n) is 3.34. The molecule has 1 fully saturated rings. The van der Waals surface area contributed by atoms with Gasteiger partial charge in [-0.2, -0.15) is 0 Å². The molecule has 16 heavy (non-hydrogen) atoms. The van der Waals surface area contributed by atoms with E-state index in [1.807, 2.05) is 4.90 Å². The zero-order valence-electron chi connectivity index (χ0n) is 10.7. The Balaban J connectivity index is 0.00000225. The van der Waals surface area contributed by atoms with Gasteiger partial charge in [-0.25, -0.2) is 0 Å². The summed E-state index contributed by atoms with van der Waals surface area (Å²) in [5, 5.41) is 0. The van der Waals surface area contributed by atoms with Gasteiger partial charge in [0, 0.05) is 13.1 Å². The Morgan fingerprint density at radius 3 is 2.69 bits per heavy atom. The largest absolute Gasteiger partial charge is 0.341 e. The van der Waals surface area contributed by atoms with E-state index < -0.39 is 0 Å². The van der Waals surface area contributed by atoms with Gasteiger partial charge in [-0.15, -0.1) is 12.4 Å². The van der Waals surface area contributed by atoms with E-state index >= 15 is 0 Å². The first kappa shape index (κ1) is 15.7. The number of hydrogen-bond donors (Lipinski definition) is 1. The topological polar surface area (TPSA) is 46.3 Å². The van der Waals surface area contributed by atoms with Crippen molar-refractivity contribution in [3.05, 3.63) is 0 Å². The quantitative estimate of drug-likeness (QED) is 0.832. The van der Waals surface area contributed by atoms with E-state index in [4.69, 9.17) is 5.73 Å². The van der Waals surface area contributed by atoms with Crippen LogP contribution in [-0.2, 0) is 4.79 Å². The molecule has 3 nitrogen and oxygen atoms in total. The molecule has 1 saturated heterocycles. The van der Waals surface area contributed by atoms with Crippen molar-refractivity contribution in [1.29, 1.82) is 0 Å². The zero-order chi connectivity index (χ0) is 11.5. The monoisotopic (exact) mass is 248 g/mol. The number of nitrogens with zero attached hydrogens (tertiary/aromatic N) is 1. The Morgan fingerprint density at radius 2 is 2.19 bits per heavy atom. The molecule has 0 saturated carbocycles. The summed E-state index contributed by atoms with van der Waals surface area (Å²) >= 11 is 0. The fourth-order valence-electron chi connectivity index (χ4n) is 2.60. The average molecular weight is 249 g/mol. The minimum Gasteiger partial charge on any atom is -0.341 e. The van der Waals surface area contributed by atoms with Crippen LogP contribution in [0.3, 0.4) is 0 Å². The molecule has 2 N–H and O–H groups in total. The minimum atomic E-state index is -0.353. The van der Waals surface area contributed by atoms with Crippen molar-refractivity contribution in [2.24, 2.45) is 11.1 Å². The highest BCUT2D eigenvalue weighted by Gasteiger charge is 2.32. The van der Waals surface area contributed by atoms with Crippen molar-refractivity contribution < 1.29 is 4.79 Å². The summed E-state index contributed by atoms with van der Waals surface area (Å²) in [4.78, 5) is 13.7. The van der Waals surface area contributed by atoms with Crippen molar-refractivity contribution in [2.75, 3.05) is 13.1 Å². The summed E-state index contributed by atoms with van der Waals surface area (Å²) in [5.74, 6) is 0.108. The molecule has 96 valence electrons. The van der Waals surface area contributed by atoms with Crippen LogP contribution >= 0.6 is 12.4 Å². The molecular formula is C12H25ClN2O. The first-order valence-corrected chi connectivity index (χ1v) is 6.03. The second-order valence-electron chi connectivity index (χ2n) is 5.21. The summed E-state index contributed by atoms with van der Waals surface area (Å²) in [6, 6.07) is -0.353. The van der Waals surface area contributed by atoms with Gasteiger partial charge < -0.3 is 10.6 Å². The van der Waals surface area contributed by atoms with Gasteiger partial charge in [0.1, 0.15) is 0 Å². The molecule has 0 aromatic heterocycles. The number of piperidine rings is 1. The van der Waals surface area contributed by atoms with Crippen molar-refractivity contribution in [2.45, 2.75) is 52.5 Å². The molecule has 4 heteroatoms. The van der Waals surface area contributed by atoms with Crippen LogP contribution in [0.1, 0.15) is 46.5 Å². The van der Waals surface area contributed by atoms with Crippen LogP contribution in [-0.4, -0.2) is 29.9 Å². The second-order valence-corrected chi connectivity index (χ2v) is 5.21. The molecule has 2 unspecified atom stereocenters. The molecule has 1 amide bonds. The number of amides is 1. The maximum atomic E-state index is 11.8. The number of nitrogens with two attached hydrogens (primary N) is 1. The Labute approximate surface area is 105 Å². The Hall–Kier alpha value is -0.280. The van der Waals surface area contributed by atoms with Crippen LogP contribution in [0, 0.1) is 5.41 Å². The van der Waals surface area contributed by atoms with Gasteiger partial charge in [-0.05, 0) is 31.6 Å². The van der Waals surface area contributed by atoms with Gasteiger partial charge in [-0.3, -0.25) is 4.79 Å². The normalized spacial score (nSPS) is 27.1. The van der Waals surface area contributed by atoms with Gasteiger partial charge >= 0.3 is 0 Å². The lowest BCUT2D eigenvalue weighted by Gasteiger charge is -2.41. The summed E-state index contributed by atoms with van der Waals surface area (Å²) in [6.45, 7) is 8.05. The summed E-state index contributed by atoms with van der Waals surface area (Å²) < 4.78 is 0. The summed E-state index contributed by atoms with van der Waals surface area (Å²) in [7, 11) is 0. The number of rotatable bonds is 3. The standard InChI is InChI=1S/C12H24N2O.ClH/c1-4-6-12(3)7-5-8-14(9-12)11(15)10(2)13;/h10H,4-9,13H2,1-3H3;1H. The van der Waals surface area contributed by atoms with Crippen molar-refractivity contribution >= 4 is 18.3 Å². The zero-order valence-corrected chi connectivity index (χ0v) is 11.5. The number of halogens is 1. The van der Waals surface area contributed by atoms with E-state index in [-0.39, 0.29) is 24.4 Å². The number of likely N-dealkylation sites (tertiary alicyclic amines) is 1. The van der Waals surface area contributed by atoms with Gasteiger partial charge in [0.2, 0.25) is 5.91 Å². The van der Waals surface area contributed by atoms with Crippen molar-refractivity contribution in [1.82, 2.24) is 4.90 Å². The van der Waals surface area contributed by atoms with Gasteiger partial charge in [0.15, 0.2) is 0 Å². The maximum absolute atomic E-state index is 11.8. The van der Waals surface area contributed by atoms with Crippen molar-refractivity contribution in [3.63, 3.8) is 0 Å². The predicted octanol–water partition coefficient (Wildman–Crippen LogP) is 2.18. The minimum absolute atomic E-state index is 0. The molecule has 0 radical (unpaired) electrons. The van der Waals surface area contributed by atoms with E-state index in [1.54, 1.807) is 6.92 Å². The molecule has 0 spiro atoms. The van der Waals surface area contributed by atoms with E-state index in [9.17, 15) is 4.79 Å². The van der Waals surface area contributed by atoms with E-state index in [0.717, 1.165) is 19.5 Å². The number of carbonyl (C=O) groups is 1. The lowest BCUT2D eigenvalue weighted by atomic mass is 9.78. The lowest BCUT2D eigenvalue weighted by molar-refractivity contribution is -0.135. The molecular weight excluding hydrogens is 224 g/mol. The van der Waals surface area contributed by atoms with E-state index in [1.165, 1.54) is 19.3 Å². The van der Waals surface area contributed by atoms with Crippen LogP contribution in [0.2, 0.25) is 0 Å². The van der Waals surface area contributed by atoms with Crippen LogP contribution in [0.4, 0.5) is 0 Å². The highest BCUT2D eigenvalue weighted by molar-refractivity contribution is 5.85. The molecule has 1 aliphatic heterocycles. The van der Waals surface area contributed by atoms with Crippen LogP contribution < -0.4 is 5.73 Å². The molecule has 1 rings (SSSR count). The predicted molar refractivity (Wildman–Crippen MR) is 69.7 cm³/mol. The Bertz CT molecular complexity index is 229. The smallest absolute Gasteiger partial charge is 0.239 e. The first-order chi connectivity index (χ1) is 6.98. The van der Waals surface area contributed by atoms with E-state index in [0.29, 0.717) is 5.41 Å². The van der Waals surface area contributed by atoms with Crippen LogP contribution in [0.5, 0.6) is 0 Å². The third kappa shape index (κ3) is 3.95. The molecule has 0 aromatic rings. The summed E-state index contributed by atoms with van der Waals surface area (Å²) in [6.07, 6.45) is 4.75. The lowest BCUT2D eigenvalue weighted by Crippen LogP contribution is -2.49. The molecule has 1 aliphatic rings. The molecule has 0 aromatic carbocycles.